The number of anilines is 1. The Morgan fingerprint density at radius 1 is 1.30 bits per heavy atom. The maximum absolute atomic E-state index is 13.4. The maximum atomic E-state index is 13.4. The average molecular weight is 372 g/mol. The minimum Gasteiger partial charge on any atom is -0.385 e. The molecule has 1 heterocycles. The summed E-state index contributed by atoms with van der Waals surface area (Å²) >= 11 is 0. The van der Waals surface area contributed by atoms with Crippen LogP contribution in [0.1, 0.15) is 11.5 Å². The molecule has 3 rings (SSSR count). The number of amides is 1. The number of aryl methyl sites for hydroxylation is 1. The van der Waals surface area contributed by atoms with Gasteiger partial charge in [0.1, 0.15) is 17.8 Å². The van der Waals surface area contributed by atoms with E-state index in [9.17, 15) is 13.6 Å². The zero-order chi connectivity index (χ0) is 19.2. The Balaban J connectivity index is 1.52. The second-order valence-corrected chi connectivity index (χ2v) is 5.45. The molecule has 0 aliphatic rings. The highest BCUT2D eigenvalue weighted by Crippen LogP contribution is 2.20. The van der Waals surface area contributed by atoms with Gasteiger partial charge in [-0.25, -0.2) is 8.78 Å². The van der Waals surface area contributed by atoms with Crippen LogP contribution < -0.4 is 5.32 Å². The summed E-state index contributed by atoms with van der Waals surface area (Å²) < 4.78 is 31.3. The van der Waals surface area contributed by atoms with Crippen LogP contribution in [-0.4, -0.2) is 22.3 Å². The second kappa shape index (κ2) is 8.17. The summed E-state index contributed by atoms with van der Waals surface area (Å²) in [6, 6.07) is 10.3. The monoisotopic (exact) mass is 372 g/mol. The Kier molecular flexibility index (Phi) is 5.50. The molecule has 2 aromatic carbocycles. The number of oxime groups is 1. The summed E-state index contributed by atoms with van der Waals surface area (Å²) in [4.78, 5) is 20.7. The van der Waals surface area contributed by atoms with E-state index in [2.05, 4.69) is 20.6 Å². The summed E-state index contributed by atoms with van der Waals surface area (Å²) in [6.07, 6.45) is 0.807. The summed E-state index contributed by atoms with van der Waals surface area (Å²) in [7, 11) is 0. The zero-order valence-corrected chi connectivity index (χ0v) is 14.1. The van der Waals surface area contributed by atoms with Crippen LogP contribution in [0, 0.1) is 18.6 Å². The smallest absolute Gasteiger partial charge is 0.270 e. The molecule has 0 aliphatic carbocycles. The standard InChI is InChI=1S/C18H14F2N4O3/c1-11-4-2-3-5-13(11)18-23-17(27-24-18)10-26-21-9-16(25)22-15-7-6-12(19)8-14(15)20/h2-9H,10H2,1H3,(H,22,25)/b21-9+. The van der Waals surface area contributed by atoms with Gasteiger partial charge in [-0.05, 0) is 24.6 Å². The molecule has 1 amide bonds. The molecule has 0 unspecified atom stereocenters. The summed E-state index contributed by atoms with van der Waals surface area (Å²) in [6.45, 7) is 1.78. The lowest BCUT2D eigenvalue weighted by atomic mass is 10.1. The quantitative estimate of drug-likeness (QED) is 0.529. The van der Waals surface area contributed by atoms with Gasteiger partial charge in [0.15, 0.2) is 6.61 Å². The molecule has 1 aromatic heterocycles. The number of aromatic nitrogens is 2. The van der Waals surface area contributed by atoms with Crippen LogP contribution in [0.2, 0.25) is 0 Å². The van der Waals surface area contributed by atoms with Crippen LogP contribution in [0.4, 0.5) is 14.5 Å². The van der Waals surface area contributed by atoms with Crippen molar-refractivity contribution in [2.24, 2.45) is 5.16 Å². The number of halogens is 2. The topological polar surface area (TPSA) is 89.6 Å². The largest absolute Gasteiger partial charge is 0.385 e. The molecule has 0 saturated heterocycles. The van der Waals surface area contributed by atoms with E-state index >= 15 is 0 Å². The molecular formula is C18H14F2N4O3. The van der Waals surface area contributed by atoms with Gasteiger partial charge in [0, 0.05) is 11.6 Å². The first kappa shape index (κ1) is 18.2. The minimum absolute atomic E-state index is 0.145. The first-order chi connectivity index (χ1) is 13.0. The van der Waals surface area contributed by atoms with E-state index in [0.29, 0.717) is 11.9 Å². The van der Waals surface area contributed by atoms with Gasteiger partial charge in [-0.2, -0.15) is 4.98 Å². The molecule has 0 saturated carbocycles. The number of carbonyl (C=O) groups excluding carboxylic acids is 1. The number of nitrogens with one attached hydrogen (secondary N) is 1. The Labute approximate surface area is 152 Å². The van der Waals surface area contributed by atoms with Gasteiger partial charge in [-0.1, -0.05) is 34.6 Å². The van der Waals surface area contributed by atoms with Crippen LogP contribution in [0.25, 0.3) is 11.4 Å². The molecule has 0 bridgehead atoms. The highest BCUT2D eigenvalue weighted by molar-refractivity contribution is 6.31. The van der Waals surface area contributed by atoms with Gasteiger partial charge < -0.3 is 14.7 Å². The third kappa shape index (κ3) is 4.72. The lowest BCUT2D eigenvalue weighted by Crippen LogP contribution is -2.14. The van der Waals surface area contributed by atoms with E-state index in [4.69, 9.17) is 9.36 Å². The molecule has 7 nitrogen and oxygen atoms in total. The first-order valence-corrected chi connectivity index (χ1v) is 7.83. The normalized spacial score (nSPS) is 10.9. The Morgan fingerprint density at radius 3 is 2.89 bits per heavy atom. The van der Waals surface area contributed by atoms with Crippen molar-refractivity contribution < 1.29 is 22.9 Å². The van der Waals surface area contributed by atoms with Gasteiger partial charge in [0.05, 0.1) is 5.69 Å². The summed E-state index contributed by atoms with van der Waals surface area (Å²) in [5.41, 5.74) is 1.65. The molecule has 3 aromatic rings. The molecule has 27 heavy (non-hydrogen) atoms. The van der Waals surface area contributed by atoms with Crippen LogP contribution >= 0.6 is 0 Å². The lowest BCUT2D eigenvalue weighted by Gasteiger charge is -2.02. The number of benzene rings is 2. The van der Waals surface area contributed by atoms with Crippen molar-refractivity contribution in [2.75, 3.05) is 5.32 Å². The maximum Gasteiger partial charge on any atom is 0.270 e. The number of carbonyl (C=O) groups is 1. The molecule has 9 heteroatoms. The van der Waals surface area contributed by atoms with E-state index < -0.39 is 17.5 Å². The van der Waals surface area contributed by atoms with E-state index in [1.54, 1.807) is 0 Å². The Bertz CT molecular complexity index is 988. The molecule has 138 valence electrons. The molecule has 0 radical (unpaired) electrons. The molecule has 0 aliphatic heterocycles. The van der Waals surface area contributed by atoms with Crippen LogP contribution in [0.3, 0.4) is 0 Å². The summed E-state index contributed by atoms with van der Waals surface area (Å²) in [5, 5.41) is 9.52. The molecule has 0 spiro atoms. The third-order valence-corrected chi connectivity index (χ3v) is 3.48. The van der Waals surface area contributed by atoms with Crippen LogP contribution in [0.5, 0.6) is 0 Å². The van der Waals surface area contributed by atoms with Crippen LogP contribution in [0.15, 0.2) is 52.1 Å². The average Bonchev–Trinajstić information content (AvgIpc) is 3.10. The Hall–Kier alpha value is -3.62. The van der Waals surface area contributed by atoms with E-state index in [0.717, 1.165) is 29.5 Å². The van der Waals surface area contributed by atoms with Crippen molar-refractivity contribution in [1.29, 1.82) is 0 Å². The fourth-order valence-corrected chi connectivity index (χ4v) is 2.18. The molecule has 1 N–H and O–H groups in total. The minimum atomic E-state index is -0.896. The number of nitrogens with zero attached hydrogens (tertiary/aromatic N) is 3. The van der Waals surface area contributed by atoms with E-state index in [-0.39, 0.29) is 18.2 Å². The van der Waals surface area contributed by atoms with Crippen molar-refractivity contribution in [3.05, 3.63) is 65.6 Å². The SMILES string of the molecule is Cc1ccccc1-c1noc(CO/N=C/C(=O)Nc2ccc(F)cc2F)n1. The highest BCUT2D eigenvalue weighted by Gasteiger charge is 2.11. The van der Waals surface area contributed by atoms with Crippen molar-refractivity contribution in [1.82, 2.24) is 10.1 Å². The fraction of sp³-hybridized carbons (Fsp3) is 0.111. The van der Waals surface area contributed by atoms with Crippen molar-refractivity contribution in [3.63, 3.8) is 0 Å². The van der Waals surface area contributed by atoms with E-state index in [1.165, 1.54) is 0 Å². The predicted octanol–water partition coefficient (Wildman–Crippen LogP) is 3.46. The predicted molar refractivity (Wildman–Crippen MR) is 92.7 cm³/mol. The summed E-state index contributed by atoms with van der Waals surface area (Å²) in [5.74, 6) is -1.79. The second-order valence-electron chi connectivity index (χ2n) is 5.45. The van der Waals surface area contributed by atoms with Gasteiger partial charge in [-0.3, -0.25) is 4.79 Å². The van der Waals surface area contributed by atoms with Crippen LogP contribution in [-0.2, 0) is 16.2 Å². The molecule has 0 fully saturated rings. The molecular weight excluding hydrogens is 358 g/mol. The fourth-order valence-electron chi connectivity index (χ4n) is 2.18. The van der Waals surface area contributed by atoms with Gasteiger partial charge in [-0.15, -0.1) is 0 Å². The number of hydrogen-bond donors (Lipinski definition) is 1. The zero-order valence-electron chi connectivity index (χ0n) is 14.1. The number of hydrogen-bond acceptors (Lipinski definition) is 6. The highest BCUT2D eigenvalue weighted by atomic mass is 19.1. The third-order valence-electron chi connectivity index (χ3n) is 3.48. The van der Waals surface area contributed by atoms with Gasteiger partial charge >= 0.3 is 0 Å². The van der Waals surface area contributed by atoms with Crippen molar-refractivity contribution in [3.8, 4) is 11.4 Å². The Morgan fingerprint density at radius 2 is 2.11 bits per heavy atom. The molecule has 0 atom stereocenters. The van der Waals surface area contributed by atoms with Crippen molar-refractivity contribution >= 4 is 17.8 Å². The first-order valence-electron chi connectivity index (χ1n) is 7.83. The number of rotatable bonds is 6. The van der Waals surface area contributed by atoms with E-state index in [1.807, 2.05) is 31.2 Å². The van der Waals surface area contributed by atoms with Gasteiger partial charge in [0.2, 0.25) is 5.82 Å². The van der Waals surface area contributed by atoms with Gasteiger partial charge in [0.25, 0.3) is 11.8 Å². The van der Waals surface area contributed by atoms with Crippen molar-refractivity contribution in [2.45, 2.75) is 13.5 Å². The lowest BCUT2D eigenvalue weighted by molar-refractivity contribution is -0.110.